The number of anilines is 2. The van der Waals surface area contributed by atoms with Crippen LogP contribution in [0.25, 0.3) is 11.1 Å². The van der Waals surface area contributed by atoms with Gasteiger partial charge >= 0.3 is 0 Å². The fourth-order valence-electron chi connectivity index (χ4n) is 2.77. The molecule has 0 radical (unpaired) electrons. The minimum absolute atomic E-state index is 0.574. The minimum atomic E-state index is 0.574. The Morgan fingerprint density at radius 3 is 2.15 bits per heavy atom. The highest BCUT2D eigenvalue weighted by Gasteiger charge is 2.03. The average Bonchev–Trinajstić information content (AvgIpc) is 2.74. The molecule has 2 aromatic carbocycles. The van der Waals surface area contributed by atoms with E-state index >= 15 is 0 Å². The van der Waals surface area contributed by atoms with Crippen molar-refractivity contribution in [3.63, 3.8) is 0 Å². The predicted octanol–water partition coefficient (Wildman–Crippen LogP) is 4.61. The Kier molecular flexibility index (Phi) is 6.77. The second-order valence-electron chi connectivity index (χ2n) is 6.19. The predicted molar refractivity (Wildman–Crippen MR) is 110 cm³/mol. The molecule has 140 valence electrons. The van der Waals surface area contributed by atoms with Crippen LogP contribution in [0.3, 0.4) is 0 Å². The maximum Gasteiger partial charge on any atom is 0.227 e. The standard InChI is InChI=1S/C22H26N4O/c1-3-26(4-2)14-15-27-21-12-10-20(11-13-21)25-22-23-16-19(17-24-22)18-8-6-5-7-9-18/h5-13,16-17H,3-4,14-15H2,1-2H3,(H,23,24,25). The highest BCUT2D eigenvalue weighted by atomic mass is 16.5. The van der Waals surface area contributed by atoms with E-state index in [4.69, 9.17) is 4.74 Å². The molecule has 3 aromatic rings. The molecule has 0 bridgehead atoms. The number of ether oxygens (including phenoxy) is 1. The first-order valence-corrected chi connectivity index (χ1v) is 9.38. The quantitative estimate of drug-likeness (QED) is 0.602. The molecule has 0 fully saturated rings. The van der Waals surface area contributed by atoms with Crippen LogP contribution in [-0.2, 0) is 0 Å². The van der Waals surface area contributed by atoms with Gasteiger partial charge < -0.3 is 15.0 Å². The molecule has 5 heteroatoms. The molecule has 0 aliphatic heterocycles. The Morgan fingerprint density at radius 1 is 0.852 bits per heavy atom. The third kappa shape index (κ3) is 5.53. The van der Waals surface area contributed by atoms with Crippen molar-refractivity contribution in [3.05, 3.63) is 67.0 Å². The molecule has 1 heterocycles. The monoisotopic (exact) mass is 362 g/mol. The van der Waals surface area contributed by atoms with Gasteiger partial charge in [-0.15, -0.1) is 0 Å². The summed E-state index contributed by atoms with van der Waals surface area (Å²) in [5, 5.41) is 3.22. The summed E-state index contributed by atoms with van der Waals surface area (Å²) in [6.45, 7) is 8.06. The first kappa shape index (κ1) is 18.9. The lowest BCUT2D eigenvalue weighted by Gasteiger charge is -2.18. The Labute approximate surface area is 161 Å². The maximum absolute atomic E-state index is 5.81. The number of hydrogen-bond acceptors (Lipinski definition) is 5. The van der Waals surface area contributed by atoms with Crippen LogP contribution in [0.5, 0.6) is 5.75 Å². The van der Waals surface area contributed by atoms with Crippen molar-refractivity contribution >= 4 is 11.6 Å². The molecule has 0 saturated carbocycles. The number of rotatable bonds is 9. The molecule has 0 aliphatic rings. The lowest BCUT2D eigenvalue weighted by atomic mass is 10.1. The van der Waals surface area contributed by atoms with Gasteiger partial charge in [0, 0.05) is 30.2 Å². The number of likely N-dealkylation sites (N-methyl/N-ethyl adjacent to an activating group) is 1. The van der Waals surface area contributed by atoms with Gasteiger partial charge in [-0.25, -0.2) is 9.97 Å². The van der Waals surface area contributed by atoms with Crippen molar-refractivity contribution < 1.29 is 4.74 Å². The summed E-state index contributed by atoms with van der Waals surface area (Å²) in [7, 11) is 0. The number of hydrogen-bond donors (Lipinski definition) is 1. The van der Waals surface area contributed by atoms with Crippen LogP contribution >= 0.6 is 0 Å². The molecule has 0 spiro atoms. The first-order valence-electron chi connectivity index (χ1n) is 9.38. The van der Waals surface area contributed by atoms with Gasteiger partial charge in [-0.05, 0) is 42.9 Å². The molecule has 3 rings (SSSR count). The molecule has 1 N–H and O–H groups in total. The summed E-state index contributed by atoms with van der Waals surface area (Å²) in [5.41, 5.74) is 3.03. The van der Waals surface area contributed by atoms with Crippen LogP contribution < -0.4 is 10.1 Å². The van der Waals surface area contributed by atoms with Gasteiger partial charge in [-0.3, -0.25) is 0 Å². The van der Waals surface area contributed by atoms with E-state index in [9.17, 15) is 0 Å². The van der Waals surface area contributed by atoms with Crippen LogP contribution in [0.2, 0.25) is 0 Å². The molecule has 0 unspecified atom stereocenters. The second kappa shape index (κ2) is 9.69. The molecule has 0 atom stereocenters. The maximum atomic E-state index is 5.81. The van der Waals surface area contributed by atoms with Gasteiger partial charge in [-0.2, -0.15) is 0 Å². The van der Waals surface area contributed by atoms with Crippen LogP contribution in [0, 0.1) is 0 Å². The lowest BCUT2D eigenvalue weighted by molar-refractivity contribution is 0.223. The van der Waals surface area contributed by atoms with E-state index in [1.54, 1.807) is 0 Å². The van der Waals surface area contributed by atoms with E-state index in [1.807, 2.05) is 67.0 Å². The van der Waals surface area contributed by atoms with Gasteiger partial charge in [0.2, 0.25) is 5.95 Å². The zero-order valence-electron chi connectivity index (χ0n) is 15.9. The van der Waals surface area contributed by atoms with Crippen molar-refractivity contribution in [2.45, 2.75) is 13.8 Å². The molecule has 0 saturated heterocycles. The van der Waals surface area contributed by atoms with E-state index in [2.05, 4.69) is 34.0 Å². The van der Waals surface area contributed by atoms with Crippen molar-refractivity contribution in [1.82, 2.24) is 14.9 Å². The zero-order chi connectivity index (χ0) is 18.9. The Balaban J connectivity index is 1.53. The van der Waals surface area contributed by atoms with E-state index in [0.29, 0.717) is 12.6 Å². The third-order valence-corrected chi connectivity index (χ3v) is 4.44. The number of aromatic nitrogens is 2. The fourth-order valence-corrected chi connectivity index (χ4v) is 2.77. The smallest absolute Gasteiger partial charge is 0.227 e. The molecule has 0 aliphatic carbocycles. The highest BCUT2D eigenvalue weighted by Crippen LogP contribution is 2.20. The molecule has 5 nitrogen and oxygen atoms in total. The summed E-state index contributed by atoms with van der Waals surface area (Å²) >= 11 is 0. The van der Waals surface area contributed by atoms with Gasteiger partial charge in [0.1, 0.15) is 12.4 Å². The fraction of sp³-hybridized carbons (Fsp3) is 0.273. The Hall–Kier alpha value is -2.92. The molecule has 0 amide bonds. The molecular formula is C22H26N4O. The van der Waals surface area contributed by atoms with Gasteiger partial charge in [0.05, 0.1) is 0 Å². The van der Waals surface area contributed by atoms with Crippen molar-refractivity contribution in [2.75, 3.05) is 31.6 Å². The average molecular weight is 362 g/mol. The SMILES string of the molecule is CCN(CC)CCOc1ccc(Nc2ncc(-c3ccccc3)cn2)cc1. The van der Waals surface area contributed by atoms with E-state index in [0.717, 1.165) is 42.2 Å². The number of nitrogens with zero attached hydrogens (tertiary/aromatic N) is 3. The second-order valence-corrected chi connectivity index (χ2v) is 6.19. The van der Waals surface area contributed by atoms with Gasteiger partial charge in [0.25, 0.3) is 0 Å². The van der Waals surface area contributed by atoms with Crippen molar-refractivity contribution in [1.29, 1.82) is 0 Å². The summed E-state index contributed by atoms with van der Waals surface area (Å²) in [4.78, 5) is 11.1. The third-order valence-electron chi connectivity index (χ3n) is 4.44. The lowest BCUT2D eigenvalue weighted by Crippen LogP contribution is -2.27. The molecule has 1 aromatic heterocycles. The van der Waals surface area contributed by atoms with Crippen LogP contribution in [0.15, 0.2) is 67.0 Å². The molecular weight excluding hydrogens is 336 g/mol. The first-order chi connectivity index (χ1) is 13.3. The van der Waals surface area contributed by atoms with Crippen LogP contribution in [0.1, 0.15) is 13.8 Å². The minimum Gasteiger partial charge on any atom is -0.492 e. The number of benzene rings is 2. The highest BCUT2D eigenvalue weighted by molar-refractivity contribution is 5.62. The summed E-state index contributed by atoms with van der Waals surface area (Å²) in [6.07, 6.45) is 3.66. The molecule has 27 heavy (non-hydrogen) atoms. The topological polar surface area (TPSA) is 50.3 Å². The van der Waals surface area contributed by atoms with Crippen molar-refractivity contribution in [2.24, 2.45) is 0 Å². The van der Waals surface area contributed by atoms with E-state index in [-0.39, 0.29) is 0 Å². The van der Waals surface area contributed by atoms with E-state index in [1.165, 1.54) is 0 Å². The van der Waals surface area contributed by atoms with Gasteiger partial charge in [-0.1, -0.05) is 44.2 Å². The largest absolute Gasteiger partial charge is 0.492 e. The Bertz CT molecular complexity index is 800. The Morgan fingerprint density at radius 2 is 1.52 bits per heavy atom. The summed E-state index contributed by atoms with van der Waals surface area (Å²) in [6, 6.07) is 18.0. The van der Waals surface area contributed by atoms with E-state index < -0.39 is 0 Å². The summed E-state index contributed by atoms with van der Waals surface area (Å²) < 4.78 is 5.81. The van der Waals surface area contributed by atoms with Crippen molar-refractivity contribution in [3.8, 4) is 16.9 Å². The summed E-state index contributed by atoms with van der Waals surface area (Å²) in [5.74, 6) is 1.44. The zero-order valence-corrected chi connectivity index (χ0v) is 15.9. The normalized spacial score (nSPS) is 10.8. The number of nitrogens with one attached hydrogen (secondary N) is 1. The van der Waals surface area contributed by atoms with Crippen LogP contribution in [-0.4, -0.2) is 41.1 Å². The van der Waals surface area contributed by atoms with Gasteiger partial charge in [0.15, 0.2) is 0 Å². The van der Waals surface area contributed by atoms with Crippen LogP contribution in [0.4, 0.5) is 11.6 Å².